The second-order valence-electron chi connectivity index (χ2n) is 1.75. The van der Waals surface area contributed by atoms with Crippen LogP contribution in [-0.4, -0.2) is 40.3 Å². The molecule has 0 saturated carbocycles. The maximum Gasteiger partial charge on any atom is 0.367 e. The number of amides is 1. The van der Waals surface area contributed by atoms with E-state index in [0.717, 1.165) is 0 Å². The third-order valence-electron chi connectivity index (χ3n) is 1.31. The molecule has 0 bridgehead atoms. The Balaban J connectivity index is 4.39. The average molecular weight is 163 g/mol. The first-order valence-corrected chi connectivity index (χ1v) is 3.04. The maximum absolute atomic E-state index is 11.0. The Morgan fingerprint density at radius 1 is 1.18 bits per heavy atom. The van der Waals surface area contributed by atoms with Gasteiger partial charge in [-0.2, -0.15) is 0 Å². The molecule has 0 unspecified atom stereocenters. The van der Waals surface area contributed by atoms with Gasteiger partial charge in [0.15, 0.2) is 0 Å². The summed E-state index contributed by atoms with van der Waals surface area (Å²) in [6.45, 7) is 0. The van der Waals surface area contributed by atoms with Gasteiger partial charge in [0, 0.05) is 28.4 Å². The van der Waals surface area contributed by atoms with Crippen LogP contribution in [0.4, 0.5) is 0 Å². The number of hydrogen-bond donors (Lipinski definition) is 1. The van der Waals surface area contributed by atoms with Gasteiger partial charge in [-0.1, -0.05) is 0 Å². The molecule has 1 N–H and O–H groups in total. The number of methoxy groups -OCH3 is 3. The van der Waals surface area contributed by atoms with Gasteiger partial charge in [0.2, 0.25) is 0 Å². The highest BCUT2D eigenvalue weighted by Crippen LogP contribution is 2.11. The van der Waals surface area contributed by atoms with Gasteiger partial charge in [0.25, 0.3) is 0 Å². The summed E-state index contributed by atoms with van der Waals surface area (Å²) in [6, 6.07) is 0. The van der Waals surface area contributed by atoms with Crippen molar-refractivity contribution in [1.82, 2.24) is 5.32 Å². The molecule has 11 heavy (non-hydrogen) atoms. The van der Waals surface area contributed by atoms with Gasteiger partial charge < -0.3 is 19.5 Å². The monoisotopic (exact) mass is 163 g/mol. The van der Waals surface area contributed by atoms with Crippen molar-refractivity contribution in [1.29, 1.82) is 0 Å². The zero-order chi connectivity index (χ0) is 8.91. The van der Waals surface area contributed by atoms with Crippen LogP contribution in [0.2, 0.25) is 0 Å². The van der Waals surface area contributed by atoms with Crippen LogP contribution in [0.15, 0.2) is 0 Å². The highest BCUT2D eigenvalue weighted by Gasteiger charge is 2.38. The van der Waals surface area contributed by atoms with Gasteiger partial charge in [-0.05, 0) is 0 Å². The van der Waals surface area contributed by atoms with Gasteiger partial charge in [-0.15, -0.1) is 0 Å². The van der Waals surface area contributed by atoms with Crippen molar-refractivity contribution in [3.05, 3.63) is 0 Å². The lowest BCUT2D eigenvalue weighted by molar-refractivity contribution is -0.326. The van der Waals surface area contributed by atoms with Crippen LogP contribution in [0.25, 0.3) is 0 Å². The SMILES string of the molecule is CNC(=O)C(OC)(OC)OC. The van der Waals surface area contributed by atoms with E-state index < -0.39 is 11.9 Å². The van der Waals surface area contributed by atoms with Crippen LogP contribution in [0, 0.1) is 0 Å². The van der Waals surface area contributed by atoms with E-state index >= 15 is 0 Å². The molecule has 0 aliphatic rings. The number of carbonyl (C=O) groups is 1. The minimum atomic E-state index is -1.62. The lowest BCUT2D eigenvalue weighted by Gasteiger charge is -2.25. The summed E-state index contributed by atoms with van der Waals surface area (Å²) in [5.41, 5.74) is 0. The van der Waals surface area contributed by atoms with Crippen molar-refractivity contribution in [2.45, 2.75) is 5.97 Å². The first-order chi connectivity index (χ1) is 5.16. The van der Waals surface area contributed by atoms with Crippen LogP contribution >= 0.6 is 0 Å². The molecule has 66 valence electrons. The van der Waals surface area contributed by atoms with Crippen molar-refractivity contribution in [2.24, 2.45) is 0 Å². The Kier molecular flexibility index (Phi) is 4.02. The number of ether oxygens (including phenoxy) is 3. The van der Waals surface area contributed by atoms with Gasteiger partial charge in [-0.25, -0.2) is 0 Å². The summed E-state index contributed by atoms with van der Waals surface area (Å²) in [5.74, 6) is -2.10. The Bertz CT molecular complexity index is 124. The van der Waals surface area contributed by atoms with Crippen LogP contribution in [0.3, 0.4) is 0 Å². The predicted octanol–water partition coefficient (Wildman–Crippen LogP) is -0.675. The zero-order valence-corrected chi connectivity index (χ0v) is 7.13. The van der Waals surface area contributed by atoms with E-state index in [1.54, 1.807) is 0 Å². The minimum absolute atomic E-state index is 0.481. The highest BCUT2D eigenvalue weighted by atomic mass is 16.9. The number of rotatable bonds is 4. The van der Waals surface area contributed by atoms with Gasteiger partial charge in [0.05, 0.1) is 0 Å². The molecule has 1 amide bonds. The average Bonchev–Trinajstić information content (AvgIpc) is 2.08. The first-order valence-electron chi connectivity index (χ1n) is 3.04. The standard InChI is InChI=1S/C6H13NO4/c1-7-5(8)6(9-2,10-3)11-4/h1-4H3,(H,7,8). The van der Waals surface area contributed by atoms with Crippen molar-refractivity contribution in [2.75, 3.05) is 28.4 Å². The summed E-state index contributed by atoms with van der Waals surface area (Å²) in [5, 5.41) is 2.34. The normalized spacial score (nSPS) is 11.3. The van der Waals surface area contributed by atoms with E-state index in [0.29, 0.717) is 0 Å². The smallest absolute Gasteiger partial charge is 0.352 e. The van der Waals surface area contributed by atoms with Crippen molar-refractivity contribution in [3.63, 3.8) is 0 Å². The third-order valence-corrected chi connectivity index (χ3v) is 1.31. The molecule has 0 fully saturated rings. The Morgan fingerprint density at radius 2 is 1.55 bits per heavy atom. The zero-order valence-electron chi connectivity index (χ0n) is 7.13. The number of carbonyl (C=O) groups excluding carboxylic acids is 1. The predicted molar refractivity (Wildman–Crippen MR) is 37.8 cm³/mol. The lowest BCUT2D eigenvalue weighted by atomic mass is 10.5. The molecule has 5 nitrogen and oxygen atoms in total. The molecule has 0 aromatic carbocycles. The number of likely N-dealkylation sites (N-methyl/N-ethyl adjacent to an activating group) is 1. The van der Waals surface area contributed by atoms with Gasteiger partial charge in [0.1, 0.15) is 0 Å². The van der Waals surface area contributed by atoms with Crippen LogP contribution in [-0.2, 0) is 19.0 Å². The fourth-order valence-corrected chi connectivity index (χ4v) is 0.681. The minimum Gasteiger partial charge on any atom is -0.352 e. The summed E-state index contributed by atoms with van der Waals surface area (Å²) in [4.78, 5) is 11.0. The van der Waals surface area contributed by atoms with E-state index in [9.17, 15) is 4.79 Å². The molecule has 0 radical (unpaired) electrons. The molecule has 0 heterocycles. The largest absolute Gasteiger partial charge is 0.367 e. The molecule has 0 aliphatic heterocycles. The highest BCUT2D eigenvalue weighted by molar-refractivity contribution is 5.81. The molecule has 0 aromatic rings. The Hall–Kier alpha value is -0.650. The van der Waals surface area contributed by atoms with Crippen LogP contribution in [0.5, 0.6) is 0 Å². The molecular weight excluding hydrogens is 150 g/mol. The van der Waals surface area contributed by atoms with Crippen molar-refractivity contribution in [3.8, 4) is 0 Å². The molecular formula is C6H13NO4. The lowest BCUT2D eigenvalue weighted by Crippen LogP contribution is -2.50. The van der Waals surface area contributed by atoms with E-state index in [1.807, 2.05) is 0 Å². The maximum atomic E-state index is 11.0. The summed E-state index contributed by atoms with van der Waals surface area (Å²) >= 11 is 0. The van der Waals surface area contributed by atoms with E-state index in [2.05, 4.69) is 5.32 Å². The van der Waals surface area contributed by atoms with Gasteiger partial charge >= 0.3 is 11.9 Å². The molecule has 0 aromatic heterocycles. The Morgan fingerprint density at radius 3 is 1.64 bits per heavy atom. The molecule has 0 atom stereocenters. The third kappa shape index (κ3) is 1.89. The van der Waals surface area contributed by atoms with E-state index in [1.165, 1.54) is 28.4 Å². The van der Waals surface area contributed by atoms with Crippen LogP contribution in [0.1, 0.15) is 0 Å². The topological polar surface area (TPSA) is 56.8 Å². The molecule has 0 aliphatic carbocycles. The van der Waals surface area contributed by atoms with Crippen molar-refractivity contribution >= 4 is 5.91 Å². The van der Waals surface area contributed by atoms with Gasteiger partial charge in [-0.3, -0.25) is 4.79 Å². The van der Waals surface area contributed by atoms with E-state index in [-0.39, 0.29) is 0 Å². The summed E-state index contributed by atoms with van der Waals surface area (Å²) in [7, 11) is 5.43. The fourth-order valence-electron chi connectivity index (χ4n) is 0.681. The quantitative estimate of drug-likeness (QED) is 0.558. The molecule has 0 rings (SSSR count). The first kappa shape index (κ1) is 10.3. The summed E-state index contributed by atoms with van der Waals surface area (Å²) < 4.78 is 14.2. The number of nitrogens with one attached hydrogen (secondary N) is 1. The van der Waals surface area contributed by atoms with Crippen LogP contribution < -0.4 is 5.32 Å². The molecule has 5 heteroatoms. The second-order valence-corrected chi connectivity index (χ2v) is 1.75. The molecule has 0 spiro atoms. The summed E-state index contributed by atoms with van der Waals surface area (Å²) in [6.07, 6.45) is 0. The number of hydrogen-bond acceptors (Lipinski definition) is 4. The Labute approximate surface area is 65.6 Å². The van der Waals surface area contributed by atoms with E-state index in [4.69, 9.17) is 14.2 Å². The second kappa shape index (κ2) is 4.27. The fraction of sp³-hybridized carbons (Fsp3) is 0.833. The molecule has 0 saturated heterocycles. The van der Waals surface area contributed by atoms with Crippen molar-refractivity contribution < 1.29 is 19.0 Å².